The number of nitrogens with one attached hydrogen (secondary N) is 1. The van der Waals surface area contributed by atoms with Gasteiger partial charge in [0.05, 0.1) is 0 Å². The molecule has 1 heterocycles. The Labute approximate surface area is 117 Å². The van der Waals surface area contributed by atoms with Crippen LogP contribution >= 0.6 is 7.95 Å². The predicted octanol–water partition coefficient (Wildman–Crippen LogP) is 0.310. The van der Waals surface area contributed by atoms with Crippen molar-refractivity contribution in [2.75, 3.05) is 6.54 Å². The fourth-order valence-corrected chi connectivity index (χ4v) is 3.19. The minimum absolute atomic E-state index is 0.226. The third kappa shape index (κ3) is 2.70. The fourth-order valence-electron chi connectivity index (χ4n) is 2.01. The first-order chi connectivity index (χ1) is 9.45. The molecular weight excluding hydrogens is 279 g/mol. The molecule has 8 heteroatoms. The Morgan fingerprint density at radius 2 is 2.00 bits per heavy atom. The number of benzene rings is 1. The number of carbonyl (C=O) groups is 2. The Bertz CT molecular complexity index is 551. The highest BCUT2D eigenvalue weighted by atomic mass is 31.1. The van der Waals surface area contributed by atoms with Crippen molar-refractivity contribution in [2.24, 2.45) is 11.6 Å². The van der Waals surface area contributed by atoms with Crippen LogP contribution in [-0.2, 0) is 9.36 Å². The lowest BCUT2D eigenvalue weighted by molar-refractivity contribution is -0.136. The molecule has 7 nitrogen and oxygen atoms in total. The van der Waals surface area contributed by atoms with Crippen LogP contribution in [0.25, 0.3) is 0 Å². The van der Waals surface area contributed by atoms with Crippen molar-refractivity contribution < 1.29 is 14.2 Å². The quantitative estimate of drug-likeness (QED) is 0.421. The summed E-state index contributed by atoms with van der Waals surface area (Å²) in [4.78, 5) is 23.9. The molecule has 2 amide bonds. The second-order valence-electron chi connectivity index (χ2n) is 4.63. The molecule has 2 unspecified atom stereocenters. The molecule has 106 valence electrons. The Morgan fingerprint density at radius 3 is 2.65 bits per heavy atom. The molecule has 0 aromatic heterocycles. The van der Waals surface area contributed by atoms with Gasteiger partial charge >= 0.3 is 19.1 Å². The summed E-state index contributed by atoms with van der Waals surface area (Å²) in [5.41, 5.74) is 6.25. The highest BCUT2D eigenvalue weighted by Gasteiger charge is 2.57. The van der Waals surface area contributed by atoms with Crippen LogP contribution in [0.5, 0.6) is 0 Å². The van der Waals surface area contributed by atoms with E-state index >= 15 is 0 Å². The minimum atomic E-state index is -2.45. The van der Waals surface area contributed by atoms with Gasteiger partial charge in [0, 0.05) is 18.5 Å². The van der Waals surface area contributed by atoms with Gasteiger partial charge in [-0.1, -0.05) is 18.2 Å². The number of rotatable bonds is 3. The van der Waals surface area contributed by atoms with Crippen LogP contribution in [0.4, 0.5) is 0 Å². The summed E-state index contributed by atoms with van der Waals surface area (Å²) in [6.45, 7) is 0.369. The van der Waals surface area contributed by atoms with Gasteiger partial charge in [-0.05, 0) is 23.1 Å². The van der Waals surface area contributed by atoms with E-state index in [4.69, 9.17) is 11.6 Å². The summed E-state index contributed by atoms with van der Waals surface area (Å²) in [5.74, 6) is 4.35. The first kappa shape index (κ1) is 14.6. The molecule has 0 bridgehead atoms. The molecule has 1 saturated heterocycles. The monoisotopic (exact) mass is 295 g/mol. The summed E-state index contributed by atoms with van der Waals surface area (Å²) < 4.78 is 12.2. The van der Waals surface area contributed by atoms with Crippen LogP contribution in [0.2, 0.25) is 0 Å². The maximum absolute atomic E-state index is 12.2. The number of amides is 2. The average Bonchev–Trinajstić information content (AvgIpc) is 2.45. The largest absolute Gasteiger partial charge is 0.495 e. The molecule has 5 N–H and O–H groups in total. The molecule has 0 aliphatic carbocycles. The second kappa shape index (κ2) is 5.66. The normalized spacial score (nSPS) is 23.4. The number of hydrazine groups is 1. The van der Waals surface area contributed by atoms with Gasteiger partial charge in [0.25, 0.3) is 5.91 Å². The molecule has 1 aliphatic rings. The van der Waals surface area contributed by atoms with Crippen molar-refractivity contribution in [3.05, 3.63) is 35.9 Å². The van der Waals surface area contributed by atoms with E-state index in [9.17, 15) is 14.2 Å². The van der Waals surface area contributed by atoms with Gasteiger partial charge < -0.3 is 0 Å². The Kier molecular flexibility index (Phi) is 4.13. The zero-order valence-corrected chi connectivity index (χ0v) is 11.7. The van der Waals surface area contributed by atoms with Crippen molar-refractivity contribution in [1.82, 2.24) is 10.1 Å². The SMILES string of the molecule is NN1CCCC(N)([P+](=O)NC(=O)c2ccccc2)C1=O. The van der Waals surface area contributed by atoms with E-state index in [0.29, 0.717) is 18.5 Å². The molecule has 2 atom stereocenters. The van der Waals surface area contributed by atoms with Gasteiger partial charge in [0.1, 0.15) is 0 Å². The highest BCUT2D eigenvalue weighted by Crippen LogP contribution is 2.38. The van der Waals surface area contributed by atoms with Crippen LogP contribution in [0.15, 0.2) is 30.3 Å². The predicted molar refractivity (Wildman–Crippen MR) is 73.6 cm³/mol. The first-order valence-corrected chi connectivity index (χ1v) is 7.40. The van der Waals surface area contributed by atoms with Crippen LogP contribution in [0.3, 0.4) is 0 Å². The van der Waals surface area contributed by atoms with Crippen molar-refractivity contribution in [1.29, 1.82) is 0 Å². The maximum atomic E-state index is 12.2. The van der Waals surface area contributed by atoms with Crippen molar-refractivity contribution in [3.63, 3.8) is 0 Å². The Hall–Kier alpha value is -1.82. The van der Waals surface area contributed by atoms with E-state index < -0.39 is 25.0 Å². The lowest BCUT2D eigenvalue weighted by Crippen LogP contribution is -2.60. The van der Waals surface area contributed by atoms with Gasteiger partial charge in [0.2, 0.25) is 0 Å². The van der Waals surface area contributed by atoms with E-state index in [-0.39, 0.29) is 6.42 Å². The standard InChI is InChI=1S/C12H15N4O3P/c13-12(7-4-8-16(14)11(12)18)20(19)15-10(17)9-5-2-1-3-6-9/h1-3,5-6H,4,7-8,13-14H2/p+1. The molecule has 1 aromatic rings. The number of nitrogens with zero attached hydrogens (tertiary/aromatic N) is 1. The maximum Gasteiger partial charge on any atom is 0.495 e. The molecule has 1 aliphatic heterocycles. The minimum Gasteiger partial charge on any atom is -0.275 e. The molecule has 20 heavy (non-hydrogen) atoms. The lowest BCUT2D eigenvalue weighted by atomic mass is 10.1. The van der Waals surface area contributed by atoms with Gasteiger partial charge in [0.15, 0.2) is 0 Å². The van der Waals surface area contributed by atoms with Crippen molar-refractivity contribution in [3.8, 4) is 0 Å². The Balaban J connectivity index is 2.12. The van der Waals surface area contributed by atoms with Crippen molar-refractivity contribution >= 4 is 19.8 Å². The second-order valence-corrected chi connectivity index (χ2v) is 6.24. The summed E-state index contributed by atoms with van der Waals surface area (Å²) >= 11 is 0. The smallest absolute Gasteiger partial charge is 0.275 e. The molecule has 0 saturated carbocycles. The Morgan fingerprint density at radius 1 is 1.35 bits per heavy atom. The topological polar surface area (TPSA) is 119 Å². The highest BCUT2D eigenvalue weighted by molar-refractivity contribution is 7.46. The fraction of sp³-hybridized carbons (Fsp3) is 0.333. The number of hydrogen-bond donors (Lipinski definition) is 3. The van der Waals surface area contributed by atoms with E-state index in [1.807, 2.05) is 0 Å². The van der Waals surface area contributed by atoms with E-state index in [1.54, 1.807) is 30.3 Å². The van der Waals surface area contributed by atoms with Crippen molar-refractivity contribution in [2.45, 2.75) is 18.1 Å². The van der Waals surface area contributed by atoms with Gasteiger partial charge in [-0.15, -0.1) is 5.09 Å². The first-order valence-electron chi connectivity index (χ1n) is 6.14. The van der Waals surface area contributed by atoms with E-state index in [2.05, 4.69) is 5.09 Å². The third-order valence-corrected chi connectivity index (χ3v) is 4.74. The van der Waals surface area contributed by atoms with Crippen LogP contribution in [0, 0.1) is 0 Å². The number of hydrogen-bond acceptors (Lipinski definition) is 5. The summed E-state index contributed by atoms with van der Waals surface area (Å²) in [6, 6.07) is 8.30. The van der Waals surface area contributed by atoms with Crippen LogP contribution < -0.4 is 16.7 Å². The van der Waals surface area contributed by atoms with E-state index in [1.165, 1.54) is 0 Å². The number of carbonyl (C=O) groups excluding carboxylic acids is 2. The molecular formula is C12H16N4O3P+. The zero-order chi connectivity index (χ0) is 14.8. The van der Waals surface area contributed by atoms with Gasteiger partial charge in [-0.2, -0.15) is 0 Å². The molecule has 0 radical (unpaired) electrons. The number of piperidine rings is 1. The molecule has 0 spiro atoms. The molecule has 1 aromatic carbocycles. The zero-order valence-electron chi connectivity index (χ0n) is 10.8. The summed E-state index contributed by atoms with van der Waals surface area (Å²) in [5, 5.41) is 1.62. The molecule has 2 rings (SSSR count). The van der Waals surface area contributed by atoms with Gasteiger partial charge in [-0.3, -0.25) is 20.3 Å². The van der Waals surface area contributed by atoms with Crippen LogP contribution in [-0.4, -0.2) is 28.6 Å². The third-order valence-electron chi connectivity index (χ3n) is 3.19. The molecule has 1 fully saturated rings. The summed E-state index contributed by atoms with van der Waals surface area (Å²) in [7, 11) is -2.45. The average molecular weight is 295 g/mol. The van der Waals surface area contributed by atoms with E-state index in [0.717, 1.165) is 5.01 Å². The number of nitrogens with two attached hydrogens (primary N) is 2. The van der Waals surface area contributed by atoms with Crippen LogP contribution in [0.1, 0.15) is 23.2 Å². The summed E-state index contributed by atoms with van der Waals surface area (Å²) in [6.07, 6.45) is 0.769. The van der Waals surface area contributed by atoms with Gasteiger partial charge in [-0.25, -0.2) is 5.84 Å². The lowest BCUT2D eigenvalue weighted by Gasteiger charge is -2.28.